The van der Waals surface area contributed by atoms with Crippen LogP contribution in [0.25, 0.3) is 43.4 Å². The molecule has 0 aliphatic rings. The Balaban J connectivity index is 2.03. The van der Waals surface area contributed by atoms with Crippen LogP contribution in [0.1, 0.15) is 0 Å². The van der Waals surface area contributed by atoms with Gasteiger partial charge in [0.1, 0.15) is 0 Å². The maximum atomic E-state index is 11.6. The van der Waals surface area contributed by atoms with Crippen LogP contribution in [0, 0.1) is 10.1 Å². The normalized spacial score (nSPS) is 11.6. The zero-order valence-electron chi connectivity index (χ0n) is 13.6. The summed E-state index contributed by atoms with van der Waals surface area (Å²) in [6, 6.07) is 23.5. The lowest BCUT2D eigenvalue weighted by Crippen LogP contribution is -1.93. The zero-order valence-corrected chi connectivity index (χ0v) is 15.2. The number of halogens is 1. The highest BCUT2D eigenvalue weighted by Gasteiger charge is 2.19. The highest BCUT2D eigenvalue weighted by molar-refractivity contribution is 9.10. The van der Waals surface area contributed by atoms with E-state index in [1.165, 1.54) is 5.39 Å². The second-order valence-electron chi connectivity index (χ2n) is 6.36. The predicted octanol–water partition coefficient (Wildman–Crippen LogP) is 6.92. The van der Waals surface area contributed by atoms with Gasteiger partial charge in [0.2, 0.25) is 0 Å². The van der Waals surface area contributed by atoms with E-state index >= 15 is 0 Å². The molecule has 0 bridgehead atoms. The first-order valence-corrected chi connectivity index (χ1v) is 9.04. The molecule has 3 nitrogen and oxygen atoms in total. The fraction of sp³-hybridized carbons (Fsp3) is 0. The minimum Gasteiger partial charge on any atom is -0.258 e. The Kier molecular flexibility index (Phi) is 3.24. The Morgan fingerprint density at radius 2 is 1.38 bits per heavy atom. The fourth-order valence-electron chi connectivity index (χ4n) is 3.89. The van der Waals surface area contributed by atoms with Crippen LogP contribution in [0.2, 0.25) is 0 Å². The average molecular weight is 402 g/mol. The molecule has 4 heteroatoms. The maximum absolute atomic E-state index is 11.6. The molecule has 5 aromatic rings. The van der Waals surface area contributed by atoms with E-state index in [1.54, 1.807) is 12.1 Å². The second kappa shape index (κ2) is 5.51. The van der Waals surface area contributed by atoms with Gasteiger partial charge in [0.15, 0.2) is 0 Å². The first-order valence-electron chi connectivity index (χ1n) is 8.25. The molecule has 0 atom stereocenters. The zero-order chi connectivity index (χ0) is 17.8. The molecule has 0 aromatic heterocycles. The molecule has 5 aromatic carbocycles. The van der Waals surface area contributed by atoms with E-state index in [4.69, 9.17) is 0 Å². The van der Waals surface area contributed by atoms with E-state index in [0.29, 0.717) is 5.56 Å². The van der Waals surface area contributed by atoms with Crippen LogP contribution in [-0.2, 0) is 0 Å². The number of rotatable bonds is 2. The third kappa shape index (κ3) is 2.06. The molecule has 0 aliphatic heterocycles. The van der Waals surface area contributed by atoms with E-state index < -0.39 is 0 Å². The topological polar surface area (TPSA) is 43.1 Å². The monoisotopic (exact) mass is 401 g/mol. The number of nitro groups is 1. The molecule has 26 heavy (non-hydrogen) atoms. The highest BCUT2D eigenvalue weighted by Crippen LogP contribution is 2.44. The lowest BCUT2D eigenvalue weighted by atomic mass is 9.88. The third-order valence-electron chi connectivity index (χ3n) is 4.96. The Hall–Kier alpha value is -2.98. The number of para-hydroxylation sites is 1. The first-order chi connectivity index (χ1) is 12.6. The molecule has 0 aliphatic carbocycles. The van der Waals surface area contributed by atoms with E-state index in [9.17, 15) is 10.1 Å². The van der Waals surface area contributed by atoms with Crippen molar-refractivity contribution in [1.82, 2.24) is 0 Å². The van der Waals surface area contributed by atoms with Crippen LogP contribution in [-0.4, -0.2) is 4.92 Å². The van der Waals surface area contributed by atoms with Gasteiger partial charge in [0.05, 0.1) is 10.5 Å². The summed E-state index contributed by atoms with van der Waals surface area (Å²) >= 11 is 3.68. The molecule has 0 heterocycles. The van der Waals surface area contributed by atoms with Crippen LogP contribution in [0.3, 0.4) is 0 Å². The SMILES string of the molecule is O=[N+]([O-])c1ccccc1-c1cc2cccc3c(Br)cc4cccc1c4c23. The van der Waals surface area contributed by atoms with Gasteiger partial charge in [-0.2, -0.15) is 0 Å². The maximum Gasteiger partial charge on any atom is 0.277 e. The van der Waals surface area contributed by atoms with Crippen molar-refractivity contribution in [1.29, 1.82) is 0 Å². The molecular weight excluding hydrogens is 390 g/mol. The predicted molar refractivity (Wildman–Crippen MR) is 110 cm³/mol. The molecule has 0 N–H and O–H groups in total. The summed E-state index contributed by atoms with van der Waals surface area (Å²) in [5.74, 6) is 0. The molecule has 0 fully saturated rings. The van der Waals surface area contributed by atoms with Gasteiger partial charge in [0, 0.05) is 10.5 Å². The molecular formula is C22H12BrNO2. The number of hydrogen-bond acceptors (Lipinski definition) is 2. The van der Waals surface area contributed by atoms with Gasteiger partial charge in [-0.15, -0.1) is 0 Å². The minimum atomic E-state index is -0.312. The van der Waals surface area contributed by atoms with Gasteiger partial charge in [0.25, 0.3) is 5.69 Å². The van der Waals surface area contributed by atoms with Crippen molar-refractivity contribution in [2.75, 3.05) is 0 Å². The minimum absolute atomic E-state index is 0.128. The van der Waals surface area contributed by atoms with Crippen LogP contribution in [0.15, 0.2) is 77.3 Å². The fourth-order valence-corrected chi connectivity index (χ4v) is 4.47. The van der Waals surface area contributed by atoms with Crippen molar-refractivity contribution in [2.45, 2.75) is 0 Å². The first kappa shape index (κ1) is 15.3. The summed E-state index contributed by atoms with van der Waals surface area (Å²) in [5.41, 5.74) is 1.67. The van der Waals surface area contributed by atoms with Crippen molar-refractivity contribution < 1.29 is 4.92 Å². The number of hydrogen-bond donors (Lipinski definition) is 0. The summed E-state index contributed by atoms with van der Waals surface area (Å²) in [7, 11) is 0. The van der Waals surface area contributed by atoms with Gasteiger partial charge in [-0.3, -0.25) is 10.1 Å². The van der Waals surface area contributed by atoms with Gasteiger partial charge in [-0.05, 0) is 56.1 Å². The van der Waals surface area contributed by atoms with E-state index in [1.807, 2.05) is 30.3 Å². The standard InChI is InChI=1S/C22H12BrNO2/c23-19-12-14-6-3-8-16-18(15-7-1-2-10-20(15)24(25)26)11-13-5-4-9-17(19)22(13)21(14)16/h1-12H. The van der Waals surface area contributed by atoms with Crippen LogP contribution in [0.5, 0.6) is 0 Å². The van der Waals surface area contributed by atoms with Crippen LogP contribution >= 0.6 is 15.9 Å². The molecule has 0 amide bonds. The Labute approximate surface area is 157 Å². The molecule has 124 valence electrons. The summed E-state index contributed by atoms with van der Waals surface area (Å²) < 4.78 is 1.06. The lowest BCUT2D eigenvalue weighted by Gasteiger charge is -2.16. The van der Waals surface area contributed by atoms with Crippen molar-refractivity contribution >= 4 is 53.9 Å². The third-order valence-corrected chi connectivity index (χ3v) is 5.62. The van der Waals surface area contributed by atoms with Crippen LogP contribution < -0.4 is 0 Å². The Bertz CT molecular complexity index is 1330. The van der Waals surface area contributed by atoms with Gasteiger partial charge >= 0.3 is 0 Å². The summed E-state index contributed by atoms with van der Waals surface area (Å²) in [6.45, 7) is 0. The smallest absolute Gasteiger partial charge is 0.258 e. The lowest BCUT2D eigenvalue weighted by molar-refractivity contribution is -0.384. The summed E-state index contributed by atoms with van der Waals surface area (Å²) in [6.07, 6.45) is 0. The average Bonchev–Trinajstić information content (AvgIpc) is 2.66. The molecule has 0 radical (unpaired) electrons. The van der Waals surface area contributed by atoms with E-state index in [2.05, 4.69) is 46.3 Å². The van der Waals surface area contributed by atoms with Crippen molar-refractivity contribution in [2.24, 2.45) is 0 Å². The summed E-state index contributed by atoms with van der Waals surface area (Å²) in [5, 5.41) is 18.3. The van der Waals surface area contributed by atoms with Crippen molar-refractivity contribution in [3.8, 4) is 11.1 Å². The van der Waals surface area contributed by atoms with Crippen molar-refractivity contribution in [3.05, 3.63) is 87.4 Å². The molecule has 5 rings (SSSR count). The van der Waals surface area contributed by atoms with Crippen molar-refractivity contribution in [3.63, 3.8) is 0 Å². The van der Waals surface area contributed by atoms with Crippen LogP contribution in [0.4, 0.5) is 5.69 Å². The molecule has 0 saturated heterocycles. The Morgan fingerprint density at radius 1 is 0.731 bits per heavy atom. The number of nitrogens with zero attached hydrogens (tertiary/aromatic N) is 1. The molecule has 0 spiro atoms. The summed E-state index contributed by atoms with van der Waals surface area (Å²) in [4.78, 5) is 11.2. The molecule has 0 unspecified atom stereocenters. The van der Waals surface area contributed by atoms with Gasteiger partial charge in [-0.25, -0.2) is 0 Å². The Morgan fingerprint density at radius 3 is 2.15 bits per heavy atom. The van der Waals surface area contributed by atoms with Gasteiger partial charge in [-0.1, -0.05) is 64.5 Å². The number of benzene rings is 5. The quantitative estimate of drug-likeness (QED) is 0.183. The second-order valence-corrected chi connectivity index (χ2v) is 7.22. The number of nitro benzene ring substituents is 1. The largest absolute Gasteiger partial charge is 0.277 e. The molecule has 0 saturated carbocycles. The van der Waals surface area contributed by atoms with Gasteiger partial charge < -0.3 is 0 Å². The van der Waals surface area contributed by atoms with E-state index in [-0.39, 0.29) is 10.6 Å². The highest BCUT2D eigenvalue weighted by atomic mass is 79.9. The van der Waals surface area contributed by atoms with E-state index in [0.717, 1.165) is 37.0 Å².